The van der Waals surface area contributed by atoms with E-state index >= 15 is 0 Å². The number of rotatable bonds is 10. The van der Waals surface area contributed by atoms with Crippen molar-refractivity contribution in [1.29, 1.82) is 0 Å². The summed E-state index contributed by atoms with van der Waals surface area (Å²) in [6.07, 6.45) is 0. The first kappa shape index (κ1) is 16.2. The second-order valence-corrected chi connectivity index (χ2v) is 8.58. The molecule has 2 aromatic carbocycles. The molecule has 9 heteroatoms. The molecule has 0 heterocycles. The van der Waals surface area contributed by atoms with E-state index < -0.39 is 46.6 Å². The summed E-state index contributed by atoms with van der Waals surface area (Å²) in [5.41, 5.74) is 1.60. The lowest BCUT2D eigenvalue weighted by Crippen LogP contribution is -2.15. The van der Waals surface area contributed by atoms with Crippen molar-refractivity contribution in [1.82, 2.24) is 0 Å². The van der Waals surface area contributed by atoms with Crippen LogP contribution in [0, 0.1) is 13.8 Å². The molecular formula is C18H22O7S2. The number of hydrogen-bond acceptors (Lipinski definition) is 7. The molecule has 2 aromatic rings. The minimum Gasteiger partial charge on any atom is -0.377 e. The maximum atomic E-state index is 12.2. The molecule has 0 unspecified atom stereocenters. The zero-order valence-corrected chi connectivity index (χ0v) is 16.3. The molecule has 0 aliphatic carbocycles. The van der Waals surface area contributed by atoms with E-state index in [4.69, 9.17) is 10.2 Å². The molecule has 0 fully saturated rings. The highest BCUT2D eigenvalue weighted by atomic mass is 32.2. The monoisotopic (exact) mass is 418 g/mol. The highest BCUT2D eigenvalue weighted by Gasteiger charge is 2.15. The Morgan fingerprint density at radius 2 is 1.04 bits per heavy atom. The van der Waals surface area contributed by atoms with Gasteiger partial charge in [-0.15, -0.1) is 0 Å². The molecule has 0 atom stereocenters. The molecule has 148 valence electrons. The Bertz CT molecular complexity index is 1010. The molecule has 0 saturated heterocycles. The Morgan fingerprint density at radius 3 is 1.37 bits per heavy atom. The summed E-state index contributed by atoms with van der Waals surface area (Å²) in [5, 5.41) is 0. The molecule has 0 aromatic heterocycles. The fourth-order valence-corrected chi connectivity index (χ4v) is 3.38. The number of ether oxygens (including phenoxy) is 1. The van der Waals surface area contributed by atoms with Crippen LogP contribution in [0.3, 0.4) is 0 Å². The average Bonchev–Trinajstić information content (AvgIpc) is 2.60. The van der Waals surface area contributed by atoms with Crippen molar-refractivity contribution in [2.24, 2.45) is 0 Å². The molecule has 0 spiro atoms. The van der Waals surface area contributed by atoms with Crippen LogP contribution in [0.15, 0.2) is 58.3 Å². The highest BCUT2D eigenvalue weighted by molar-refractivity contribution is 7.87. The third-order valence-electron chi connectivity index (χ3n) is 3.28. The van der Waals surface area contributed by atoms with Crippen molar-refractivity contribution in [3.8, 4) is 0 Å². The summed E-state index contributed by atoms with van der Waals surface area (Å²) in [4.78, 5) is -0.519. The molecule has 27 heavy (non-hydrogen) atoms. The van der Waals surface area contributed by atoms with Crippen molar-refractivity contribution >= 4 is 20.2 Å². The third kappa shape index (κ3) is 6.71. The van der Waals surface area contributed by atoms with E-state index in [1.165, 1.54) is 48.5 Å². The number of aryl methyl sites for hydroxylation is 2. The molecule has 0 aliphatic heterocycles. The fraction of sp³-hybridized carbons (Fsp3) is 0.333. The summed E-state index contributed by atoms with van der Waals surface area (Å²) < 4.78 is 93.4. The Morgan fingerprint density at radius 1 is 0.704 bits per heavy atom. The summed E-state index contributed by atoms with van der Waals surface area (Å²) in [5.74, 6) is 0. The van der Waals surface area contributed by atoms with Gasteiger partial charge in [0, 0.05) is 0 Å². The van der Waals surface area contributed by atoms with Crippen LogP contribution in [-0.4, -0.2) is 43.2 Å². The lowest BCUT2D eigenvalue weighted by atomic mass is 10.2. The normalized spacial score (nSPS) is 15.5. The van der Waals surface area contributed by atoms with Gasteiger partial charge in [0.15, 0.2) is 0 Å². The molecule has 0 saturated carbocycles. The van der Waals surface area contributed by atoms with E-state index in [1.807, 2.05) is 0 Å². The lowest BCUT2D eigenvalue weighted by molar-refractivity contribution is 0.0794. The second kappa shape index (κ2) is 9.43. The van der Waals surface area contributed by atoms with Gasteiger partial charge in [-0.05, 0) is 38.1 Å². The van der Waals surface area contributed by atoms with Gasteiger partial charge in [0.1, 0.15) is 0 Å². The van der Waals surface area contributed by atoms with E-state index in [1.54, 1.807) is 13.8 Å². The van der Waals surface area contributed by atoms with Crippen molar-refractivity contribution in [3.63, 3.8) is 0 Å². The van der Waals surface area contributed by atoms with E-state index in [-0.39, 0.29) is 9.79 Å². The smallest absolute Gasteiger partial charge is 0.297 e. The zero-order valence-electron chi connectivity index (χ0n) is 18.7. The van der Waals surface area contributed by atoms with Crippen LogP contribution < -0.4 is 0 Å². The minimum absolute atomic E-state index is 0.259. The van der Waals surface area contributed by atoms with E-state index in [9.17, 15) is 16.8 Å². The molecular weight excluding hydrogens is 392 g/mol. The summed E-state index contributed by atoms with van der Waals surface area (Å²) in [6.45, 7) is -4.17. The van der Waals surface area contributed by atoms with Gasteiger partial charge in [0.05, 0.1) is 41.6 Å². The summed E-state index contributed by atoms with van der Waals surface area (Å²) in [6, 6.07) is 11.1. The van der Waals surface area contributed by atoms with E-state index in [0.29, 0.717) is 0 Å². The maximum Gasteiger partial charge on any atom is 0.297 e. The minimum atomic E-state index is -4.44. The van der Waals surface area contributed by atoms with Crippen molar-refractivity contribution in [2.45, 2.75) is 23.6 Å². The molecule has 0 amide bonds. The molecule has 7 nitrogen and oxygen atoms in total. The third-order valence-corrected chi connectivity index (χ3v) is 5.65. The van der Waals surface area contributed by atoms with E-state index in [2.05, 4.69) is 8.37 Å². The Labute approximate surface area is 165 Å². The van der Waals surface area contributed by atoms with Crippen LogP contribution in [0.1, 0.15) is 16.6 Å². The van der Waals surface area contributed by atoms with Crippen molar-refractivity contribution in [2.75, 3.05) is 26.3 Å². The van der Waals surface area contributed by atoms with Crippen LogP contribution in [-0.2, 0) is 33.3 Å². The van der Waals surface area contributed by atoms with Gasteiger partial charge in [0.2, 0.25) is 0 Å². The van der Waals surface area contributed by atoms with Gasteiger partial charge in [-0.2, -0.15) is 16.8 Å². The quantitative estimate of drug-likeness (QED) is 0.547. The van der Waals surface area contributed by atoms with Crippen LogP contribution in [0.25, 0.3) is 0 Å². The van der Waals surface area contributed by atoms with E-state index in [0.717, 1.165) is 11.1 Å². The molecule has 2 rings (SSSR count). The van der Waals surface area contributed by atoms with Gasteiger partial charge >= 0.3 is 0 Å². The van der Waals surface area contributed by atoms with Crippen molar-refractivity contribution in [3.05, 3.63) is 59.7 Å². The Balaban J connectivity index is 1.97. The van der Waals surface area contributed by atoms with Gasteiger partial charge < -0.3 is 4.74 Å². The largest absolute Gasteiger partial charge is 0.377 e. The van der Waals surface area contributed by atoms with Gasteiger partial charge in [0.25, 0.3) is 20.2 Å². The Kier molecular flexibility index (Phi) is 5.66. The first-order valence-corrected chi connectivity index (χ1v) is 10.6. The van der Waals surface area contributed by atoms with Crippen LogP contribution in [0.5, 0.6) is 0 Å². The summed E-state index contributed by atoms with van der Waals surface area (Å²) in [7, 11) is -8.89. The number of hydrogen-bond donors (Lipinski definition) is 0. The second-order valence-electron chi connectivity index (χ2n) is 5.48. The predicted octanol–water partition coefficient (Wildman–Crippen LogP) is 2.43. The van der Waals surface area contributed by atoms with Gasteiger partial charge in [-0.3, -0.25) is 8.37 Å². The first-order chi connectivity index (χ1) is 14.1. The highest BCUT2D eigenvalue weighted by Crippen LogP contribution is 2.14. The standard InChI is InChI=1S/C18H22O7S2/c1-15-3-7-17(8-4-15)26(19,20)24-13-11-23-12-14-25-27(21,22)18-9-5-16(2)6-10-18/h3-10H,11-14H2,1-2H3/i13D2,14D2. The number of benzene rings is 2. The van der Waals surface area contributed by atoms with Gasteiger partial charge in [-0.1, -0.05) is 35.4 Å². The Hall–Kier alpha value is -1.78. The van der Waals surface area contributed by atoms with Gasteiger partial charge in [-0.25, -0.2) is 0 Å². The molecule has 0 radical (unpaired) electrons. The average molecular weight is 419 g/mol. The van der Waals surface area contributed by atoms with Crippen LogP contribution >= 0.6 is 0 Å². The van der Waals surface area contributed by atoms with Crippen molar-refractivity contribution < 1.29 is 35.4 Å². The maximum absolute atomic E-state index is 12.2. The lowest BCUT2D eigenvalue weighted by Gasteiger charge is -2.08. The topological polar surface area (TPSA) is 96.0 Å². The fourth-order valence-electron chi connectivity index (χ4n) is 1.84. The predicted molar refractivity (Wildman–Crippen MR) is 99.5 cm³/mol. The molecule has 0 N–H and O–H groups in total. The zero-order chi connectivity index (χ0) is 23.5. The molecule has 0 aliphatic rings. The SMILES string of the molecule is [2H]C([2H])(COCC([2H])([2H])OS(=O)(=O)c1ccc(C)cc1)OS(=O)(=O)c1ccc(C)cc1. The summed E-state index contributed by atoms with van der Waals surface area (Å²) >= 11 is 0. The molecule has 0 bridgehead atoms. The van der Waals surface area contributed by atoms with Crippen LogP contribution in [0.4, 0.5) is 0 Å². The first-order valence-electron chi connectivity index (χ1n) is 9.74. The van der Waals surface area contributed by atoms with Crippen LogP contribution in [0.2, 0.25) is 0 Å².